The van der Waals surface area contributed by atoms with Gasteiger partial charge in [0, 0.05) is 24.6 Å². The van der Waals surface area contributed by atoms with E-state index in [1.165, 1.54) is 35.7 Å². The first kappa shape index (κ1) is 24.5. The molecule has 2 aliphatic rings. The Hall–Kier alpha value is -3.58. The Kier molecular flexibility index (Phi) is 6.72. The number of nitrogens with zero attached hydrogens (tertiary/aromatic N) is 2. The highest BCUT2D eigenvalue weighted by molar-refractivity contribution is 8.00. The largest absolute Gasteiger partial charge is 0.508 e. The van der Waals surface area contributed by atoms with Crippen LogP contribution < -0.4 is 11.1 Å². The minimum atomic E-state index is -1.42. The number of fused-ring (bicyclic) bond motifs is 1. The van der Waals surface area contributed by atoms with Crippen LogP contribution in [0.5, 0.6) is 5.75 Å². The zero-order valence-corrected chi connectivity index (χ0v) is 20.1. The van der Waals surface area contributed by atoms with Crippen molar-refractivity contribution in [2.75, 3.05) is 24.6 Å². The molecule has 35 heavy (non-hydrogen) atoms. The lowest BCUT2D eigenvalue weighted by molar-refractivity contribution is -0.164. The number of nitrogens with two attached hydrogens (primary N) is 1. The number of nitrogen functional groups attached to an aromatic ring is 1. The first-order valence-corrected chi connectivity index (χ1v) is 12.3. The van der Waals surface area contributed by atoms with Crippen LogP contribution in [0.3, 0.4) is 0 Å². The molecule has 0 saturated carbocycles. The fourth-order valence-electron chi connectivity index (χ4n) is 3.77. The average molecular weight is 519 g/mol. The number of β-lactam (4-membered cyclic amide) rings is 1. The minimum absolute atomic E-state index is 0.0756. The van der Waals surface area contributed by atoms with Crippen LogP contribution in [0.25, 0.3) is 11.6 Å². The Morgan fingerprint density at radius 3 is 2.66 bits per heavy atom. The van der Waals surface area contributed by atoms with Gasteiger partial charge in [-0.05, 0) is 23.8 Å². The van der Waals surface area contributed by atoms with Crippen molar-refractivity contribution in [2.24, 2.45) is 5.41 Å². The number of phenolic OH excluding ortho intramolecular Hbond substituents is 1. The number of hydrogen-bond acceptors (Lipinski definition) is 10. The van der Waals surface area contributed by atoms with Gasteiger partial charge in [0.25, 0.3) is 5.91 Å². The molecule has 0 bridgehead atoms. The number of esters is 1. The van der Waals surface area contributed by atoms with Crippen molar-refractivity contribution in [3.8, 4) is 5.75 Å². The third kappa shape index (κ3) is 4.95. The van der Waals surface area contributed by atoms with Gasteiger partial charge in [-0.15, -0.1) is 23.1 Å². The van der Waals surface area contributed by atoms with Crippen LogP contribution in [0, 0.1) is 5.41 Å². The summed E-state index contributed by atoms with van der Waals surface area (Å²) in [6.07, 6.45) is 1.58. The van der Waals surface area contributed by atoms with E-state index in [4.69, 9.17) is 10.5 Å². The number of rotatable bonds is 7. The minimum Gasteiger partial charge on any atom is -0.508 e. The molecule has 2 saturated heterocycles. The van der Waals surface area contributed by atoms with Gasteiger partial charge in [0.1, 0.15) is 29.2 Å². The van der Waals surface area contributed by atoms with Gasteiger partial charge >= 0.3 is 11.9 Å². The number of carbonyl (C=O) groups is 4. The van der Waals surface area contributed by atoms with Crippen molar-refractivity contribution >= 4 is 63.6 Å². The first-order chi connectivity index (χ1) is 16.6. The smallest absolute Gasteiger partial charge is 0.315 e. The van der Waals surface area contributed by atoms with E-state index in [1.54, 1.807) is 23.6 Å². The standard InChI is InChI=1S/C22H22N4O7S2/c1-11(27)33-9-22(20(31)32)8-26-18(30)16(19(26)35-10-22)25-17(29)14(15-7-34-21(23)24-15)6-12-2-4-13(28)5-3-12/h2-7,16,19,28H,8-10H2,1H3,(H2,23,24)(H,25,29)(H,31,32)/t16?,19-,22?/m1/s1. The molecule has 2 unspecified atom stereocenters. The number of carboxylic acids is 1. The maximum Gasteiger partial charge on any atom is 0.315 e. The van der Waals surface area contributed by atoms with Gasteiger partial charge in [-0.25, -0.2) is 4.98 Å². The predicted octanol–water partition coefficient (Wildman–Crippen LogP) is 1.01. The molecule has 1 aromatic carbocycles. The molecule has 0 spiro atoms. The van der Waals surface area contributed by atoms with Gasteiger partial charge in [-0.1, -0.05) is 12.1 Å². The van der Waals surface area contributed by atoms with Gasteiger partial charge in [0.15, 0.2) is 5.13 Å². The van der Waals surface area contributed by atoms with Crippen LogP contribution >= 0.6 is 23.1 Å². The number of nitrogens with one attached hydrogen (secondary N) is 1. The van der Waals surface area contributed by atoms with Gasteiger partial charge in [0.2, 0.25) is 5.91 Å². The normalized spacial score (nSPS) is 23.7. The van der Waals surface area contributed by atoms with E-state index in [9.17, 15) is 29.4 Å². The summed E-state index contributed by atoms with van der Waals surface area (Å²) >= 11 is 2.37. The number of ether oxygens (including phenoxy) is 1. The summed E-state index contributed by atoms with van der Waals surface area (Å²) < 4.78 is 4.95. The molecule has 184 valence electrons. The number of carboxylic acid groups (broad SMARTS) is 1. The summed E-state index contributed by atoms with van der Waals surface area (Å²) in [5.41, 5.74) is 5.48. The Balaban J connectivity index is 1.51. The molecule has 0 radical (unpaired) electrons. The number of thioether (sulfide) groups is 1. The fourth-order valence-corrected chi connectivity index (χ4v) is 5.86. The van der Waals surface area contributed by atoms with Gasteiger partial charge in [-0.3, -0.25) is 19.2 Å². The number of aliphatic carboxylic acids is 1. The lowest BCUT2D eigenvalue weighted by atomic mass is 9.88. The number of hydrogen-bond donors (Lipinski definition) is 4. The molecule has 5 N–H and O–H groups in total. The summed E-state index contributed by atoms with van der Waals surface area (Å²) in [5, 5.41) is 23.4. The average Bonchev–Trinajstić information content (AvgIpc) is 3.26. The molecule has 2 amide bonds. The van der Waals surface area contributed by atoms with E-state index < -0.39 is 40.6 Å². The van der Waals surface area contributed by atoms with Crippen molar-refractivity contribution in [3.63, 3.8) is 0 Å². The first-order valence-electron chi connectivity index (χ1n) is 10.4. The summed E-state index contributed by atoms with van der Waals surface area (Å²) in [4.78, 5) is 54.8. The molecule has 4 rings (SSSR count). The molecule has 13 heteroatoms. The van der Waals surface area contributed by atoms with Crippen molar-refractivity contribution in [2.45, 2.75) is 18.3 Å². The molecule has 0 aliphatic carbocycles. The Morgan fingerprint density at radius 2 is 2.06 bits per heavy atom. The molecule has 2 aromatic rings. The van der Waals surface area contributed by atoms with E-state index in [-0.39, 0.29) is 35.4 Å². The Labute approximate surface area is 208 Å². The molecule has 2 aliphatic heterocycles. The molecule has 2 fully saturated rings. The number of thiazole rings is 1. The fraction of sp³-hybridized carbons (Fsp3) is 0.318. The number of aromatic nitrogens is 1. The van der Waals surface area contributed by atoms with Crippen molar-refractivity contribution in [1.29, 1.82) is 0 Å². The molecule has 1 aromatic heterocycles. The molecule has 3 heterocycles. The van der Waals surface area contributed by atoms with Crippen LogP contribution in [-0.2, 0) is 23.9 Å². The van der Waals surface area contributed by atoms with Crippen LogP contribution in [0.15, 0.2) is 29.6 Å². The van der Waals surface area contributed by atoms with Crippen molar-refractivity contribution in [1.82, 2.24) is 15.2 Å². The monoisotopic (exact) mass is 518 g/mol. The summed E-state index contributed by atoms with van der Waals surface area (Å²) in [5.74, 6) is -2.55. The number of carbonyl (C=O) groups excluding carboxylic acids is 3. The maximum atomic E-state index is 13.2. The molecule has 3 atom stereocenters. The van der Waals surface area contributed by atoms with Gasteiger partial charge < -0.3 is 30.9 Å². The highest BCUT2D eigenvalue weighted by Gasteiger charge is 2.58. The number of benzene rings is 1. The zero-order valence-electron chi connectivity index (χ0n) is 18.5. The number of phenols is 1. The summed E-state index contributed by atoms with van der Waals surface area (Å²) in [6, 6.07) is 5.35. The predicted molar refractivity (Wildman–Crippen MR) is 129 cm³/mol. The summed E-state index contributed by atoms with van der Waals surface area (Å²) in [7, 11) is 0. The van der Waals surface area contributed by atoms with Crippen LogP contribution in [0.2, 0.25) is 0 Å². The summed E-state index contributed by atoms with van der Waals surface area (Å²) in [6.45, 7) is 0.716. The van der Waals surface area contributed by atoms with Crippen LogP contribution in [0.4, 0.5) is 5.13 Å². The van der Waals surface area contributed by atoms with E-state index >= 15 is 0 Å². The van der Waals surface area contributed by atoms with Crippen molar-refractivity contribution < 1.29 is 34.1 Å². The second-order valence-electron chi connectivity index (χ2n) is 8.21. The number of anilines is 1. The highest BCUT2D eigenvalue weighted by Crippen LogP contribution is 2.42. The third-order valence-corrected chi connectivity index (χ3v) is 7.94. The lowest BCUT2D eigenvalue weighted by Crippen LogP contribution is -2.74. The van der Waals surface area contributed by atoms with E-state index in [0.717, 1.165) is 11.3 Å². The van der Waals surface area contributed by atoms with E-state index in [2.05, 4.69) is 10.3 Å². The second kappa shape index (κ2) is 9.58. The maximum absolute atomic E-state index is 13.2. The molecular formula is C22H22N4O7S2. The Bertz CT molecular complexity index is 1210. The topological polar surface area (TPSA) is 172 Å². The van der Waals surface area contributed by atoms with Gasteiger partial charge in [0.05, 0.1) is 11.3 Å². The number of aromatic hydroxyl groups is 1. The molecule has 11 nitrogen and oxygen atoms in total. The molecular weight excluding hydrogens is 496 g/mol. The third-order valence-electron chi connectivity index (χ3n) is 5.68. The second-order valence-corrected chi connectivity index (χ2v) is 10.2. The zero-order chi connectivity index (χ0) is 25.3. The van der Waals surface area contributed by atoms with E-state index in [0.29, 0.717) is 11.3 Å². The quantitative estimate of drug-likeness (QED) is 0.235. The van der Waals surface area contributed by atoms with Crippen LogP contribution in [0.1, 0.15) is 18.2 Å². The number of amides is 2. The highest BCUT2D eigenvalue weighted by atomic mass is 32.2. The lowest BCUT2D eigenvalue weighted by Gasteiger charge is -2.53. The van der Waals surface area contributed by atoms with Crippen molar-refractivity contribution in [3.05, 3.63) is 40.9 Å². The Morgan fingerprint density at radius 1 is 1.34 bits per heavy atom. The van der Waals surface area contributed by atoms with E-state index in [1.807, 2.05) is 0 Å². The van der Waals surface area contributed by atoms with Crippen LogP contribution in [-0.4, -0.2) is 74.2 Å². The van der Waals surface area contributed by atoms with Gasteiger partial charge in [-0.2, -0.15) is 0 Å². The SMILES string of the molecule is CC(=O)OCC1(C(=O)O)CS[C@@H]2C(NC(=O)C(=Cc3ccc(O)cc3)c3csc(N)n3)C(=O)N2C1.